The average molecular weight is 782 g/mol. The summed E-state index contributed by atoms with van der Waals surface area (Å²) in [5.74, 6) is 2.34. The average Bonchev–Trinajstić information content (AvgIpc) is 3.45. The van der Waals surface area contributed by atoms with Crippen LogP contribution in [0.4, 0.5) is 0 Å². The van der Waals surface area contributed by atoms with Gasteiger partial charge in [-0.25, -0.2) is 0 Å². The van der Waals surface area contributed by atoms with E-state index >= 15 is 0 Å². The summed E-state index contributed by atoms with van der Waals surface area (Å²) in [6, 6.07) is 37.7. The topological polar surface area (TPSA) is 30.9 Å². The Balaban J connectivity index is 0.000000241. The van der Waals surface area contributed by atoms with Gasteiger partial charge in [0.25, 0.3) is 6.33 Å². The molecule has 4 aromatic carbocycles. The maximum absolute atomic E-state index is 6.69. The zero-order valence-corrected chi connectivity index (χ0v) is 29.7. The molecule has 4 nitrogen and oxygen atoms in total. The summed E-state index contributed by atoms with van der Waals surface area (Å²) >= 11 is 0. The monoisotopic (exact) mass is 782 g/mol. The second-order valence-corrected chi connectivity index (χ2v) is 13.8. The van der Waals surface area contributed by atoms with Gasteiger partial charge in [-0.2, -0.15) is 12.1 Å². The number of fused-ring (bicyclic) bond motifs is 4. The minimum absolute atomic E-state index is 0. The summed E-state index contributed by atoms with van der Waals surface area (Å²) in [5, 5.41) is 0. The summed E-state index contributed by atoms with van der Waals surface area (Å²) < 4.78 is 11.0. The van der Waals surface area contributed by atoms with Crippen molar-refractivity contribution in [2.45, 2.75) is 71.1 Å². The van der Waals surface area contributed by atoms with Crippen LogP contribution in [0.25, 0.3) is 33.7 Å². The molecule has 8 rings (SSSR count). The quantitative estimate of drug-likeness (QED) is 0.132. The molecule has 0 unspecified atom stereocenters. The second-order valence-electron chi connectivity index (χ2n) is 13.8. The Morgan fingerprint density at radius 3 is 2.30 bits per heavy atom. The first-order valence-corrected chi connectivity index (χ1v) is 15.9. The number of rotatable bonds is 3. The molecule has 2 aliphatic rings. The molecule has 232 valence electrons. The molecule has 46 heavy (non-hydrogen) atoms. The van der Waals surface area contributed by atoms with Gasteiger partial charge in [-0.05, 0) is 59.0 Å². The van der Waals surface area contributed by atoms with Crippen LogP contribution in [0.5, 0.6) is 11.5 Å². The smallest absolute Gasteiger partial charge is 0.523 e. The van der Waals surface area contributed by atoms with E-state index in [-0.39, 0.29) is 30.9 Å². The molecule has 0 saturated carbocycles. The number of hydrogen-bond donors (Lipinski definition) is 0. The van der Waals surface area contributed by atoms with Gasteiger partial charge in [0.05, 0.1) is 11.2 Å². The van der Waals surface area contributed by atoms with E-state index in [1.807, 2.05) is 42.5 Å². The molecule has 2 aromatic heterocycles. The van der Waals surface area contributed by atoms with Crippen molar-refractivity contribution >= 4 is 11.0 Å². The molecule has 5 heteroatoms. The normalized spacial score (nSPS) is 15.1. The Bertz CT molecular complexity index is 1950. The maximum atomic E-state index is 6.69. The molecule has 0 spiro atoms. The van der Waals surface area contributed by atoms with Crippen LogP contribution in [0.3, 0.4) is 0 Å². The minimum Gasteiger partial charge on any atom is -0.523 e. The number of benzene rings is 4. The van der Waals surface area contributed by atoms with E-state index in [0.717, 1.165) is 51.6 Å². The first-order valence-electron chi connectivity index (χ1n) is 15.9. The predicted octanol–water partition coefficient (Wildman–Crippen LogP) is 9.63. The number of nitrogens with zero attached hydrogens (tertiary/aromatic N) is 3. The molecule has 6 aromatic rings. The first-order chi connectivity index (χ1) is 21.6. The van der Waals surface area contributed by atoms with Crippen LogP contribution in [0.15, 0.2) is 97.2 Å². The van der Waals surface area contributed by atoms with Crippen molar-refractivity contribution in [3.63, 3.8) is 0 Å². The van der Waals surface area contributed by atoms with E-state index in [2.05, 4.69) is 123 Å². The Morgan fingerprint density at radius 2 is 1.61 bits per heavy atom. The van der Waals surface area contributed by atoms with E-state index in [4.69, 9.17) is 4.74 Å². The molecule has 0 atom stereocenters. The second kappa shape index (κ2) is 12.3. The van der Waals surface area contributed by atoms with Gasteiger partial charge in [0.2, 0.25) is 0 Å². The van der Waals surface area contributed by atoms with Gasteiger partial charge in [-0.1, -0.05) is 89.8 Å². The van der Waals surface area contributed by atoms with Gasteiger partial charge in [-0.3, -0.25) is 4.57 Å². The van der Waals surface area contributed by atoms with E-state index < -0.39 is 0 Å². The van der Waals surface area contributed by atoms with Crippen molar-refractivity contribution in [1.82, 2.24) is 9.55 Å². The molecule has 1 aliphatic carbocycles. The molecular weight excluding hydrogens is 743 g/mol. The Kier molecular flexibility index (Phi) is 8.52. The predicted molar refractivity (Wildman–Crippen MR) is 180 cm³/mol. The van der Waals surface area contributed by atoms with Crippen molar-refractivity contribution < 1.29 is 29.4 Å². The third-order valence-corrected chi connectivity index (χ3v) is 9.39. The van der Waals surface area contributed by atoms with Crippen molar-refractivity contribution in [3.8, 4) is 34.1 Å². The number of aromatic nitrogens is 3. The zero-order valence-electron chi connectivity index (χ0n) is 27.3. The van der Waals surface area contributed by atoms with Crippen molar-refractivity contribution in [2.24, 2.45) is 0 Å². The van der Waals surface area contributed by atoms with Crippen molar-refractivity contribution in [3.05, 3.63) is 132 Å². The summed E-state index contributed by atoms with van der Waals surface area (Å²) in [7, 11) is 0. The standard InChI is InChI=1S/C30H31N2O.C11H8N.Ir/c1-19(2)20-10-12-21(13-11-20)31-18-32-24-15-14-22-26(30(5,6)17-16-29(22,3)4)28(24)33-25-9-7-8-23(31)27(25)32;1-2-6-10(7-3-1)11-8-4-5-9-12-11;/h7-14,19H,16-17H2,1-6H3;1-6,8-9H;/q2*-1;+3. The Hall–Kier alpha value is -4.05. The largest absolute Gasteiger partial charge is 3.00 e. The summed E-state index contributed by atoms with van der Waals surface area (Å²) in [6.07, 6.45) is 7.73. The Morgan fingerprint density at radius 1 is 0.848 bits per heavy atom. The van der Waals surface area contributed by atoms with Crippen molar-refractivity contribution in [2.75, 3.05) is 0 Å². The molecule has 0 fully saturated rings. The third-order valence-electron chi connectivity index (χ3n) is 9.39. The van der Waals surface area contributed by atoms with Crippen LogP contribution in [0.2, 0.25) is 0 Å². The maximum Gasteiger partial charge on any atom is 3.00 e. The van der Waals surface area contributed by atoms with Crippen LogP contribution in [0.1, 0.15) is 77.0 Å². The molecule has 3 heterocycles. The molecule has 1 aliphatic heterocycles. The van der Waals surface area contributed by atoms with Crippen LogP contribution in [-0.4, -0.2) is 9.55 Å². The molecular formula is C41H39IrN3O+. The third kappa shape index (κ3) is 5.61. The molecule has 0 bridgehead atoms. The minimum atomic E-state index is 0. The van der Waals surface area contributed by atoms with Crippen LogP contribution in [0, 0.1) is 18.5 Å². The van der Waals surface area contributed by atoms with E-state index in [9.17, 15) is 0 Å². The number of imidazole rings is 1. The number of ether oxygens (including phenoxy) is 1. The zero-order chi connectivity index (χ0) is 31.3. The molecule has 0 N–H and O–H groups in total. The van der Waals surface area contributed by atoms with E-state index in [1.54, 1.807) is 6.20 Å². The molecule has 0 saturated heterocycles. The van der Waals surface area contributed by atoms with Gasteiger partial charge < -0.3 is 14.3 Å². The SMILES string of the molecule is CC(C)c1ccc(-n2[c-][n+]3c4c(cccc42)Oc2c-3[c-]cc3c2C(C)(C)CCC3(C)C)cc1.[Ir+3].[c-]1ccccc1-c1ccccn1. The number of hydrogen-bond acceptors (Lipinski definition) is 2. The van der Waals surface area contributed by atoms with Gasteiger partial charge in [-0.15, -0.1) is 47.0 Å². The fraction of sp³-hybridized carbons (Fsp3) is 0.268. The summed E-state index contributed by atoms with van der Waals surface area (Å²) in [5.41, 5.74) is 10.4. The fourth-order valence-electron chi connectivity index (χ4n) is 6.63. The van der Waals surface area contributed by atoms with Crippen LogP contribution < -0.4 is 9.30 Å². The summed E-state index contributed by atoms with van der Waals surface area (Å²) in [6.45, 7) is 13.8. The van der Waals surface area contributed by atoms with E-state index in [1.165, 1.54) is 23.1 Å². The van der Waals surface area contributed by atoms with Gasteiger partial charge in [0.15, 0.2) is 0 Å². The molecule has 0 radical (unpaired) electrons. The van der Waals surface area contributed by atoms with E-state index in [0.29, 0.717) is 5.92 Å². The number of pyridine rings is 1. The first kappa shape index (κ1) is 31.9. The Labute approximate surface area is 286 Å². The van der Waals surface area contributed by atoms with Crippen molar-refractivity contribution in [1.29, 1.82) is 0 Å². The van der Waals surface area contributed by atoms with Crippen LogP contribution >= 0.6 is 0 Å². The number of para-hydroxylation sites is 1. The van der Waals surface area contributed by atoms with Crippen LogP contribution in [-0.2, 0) is 30.9 Å². The van der Waals surface area contributed by atoms with Gasteiger partial charge in [0.1, 0.15) is 11.3 Å². The summed E-state index contributed by atoms with van der Waals surface area (Å²) in [4.78, 5) is 4.22. The van der Waals surface area contributed by atoms with Gasteiger partial charge in [0, 0.05) is 11.9 Å². The molecule has 0 amide bonds. The van der Waals surface area contributed by atoms with Gasteiger partial charge >= 0.3 is 20.1 Å². The fourth-order valence-corrected chi connectivity index (χ4v) is 6.63.